The van der Waals surface area contributed by atoms with Crippen LogP contribution in [0.5, 0.6) is 0 Å². The molecule has 2 N–H and O–H groups in total. The number of aromatic nitrogens is 1. The van der Waals surface area contributed by atoms with E-state index in [1.165, 1.54) is 0 Å². The Labute approximate surface area is 191 Å². The molecule has 2 heterocycles. The standard InChI is InChI=1S/C27H26N2O4/c1-27-6-4-16-9-19-21(30)10-17(26(28)32)11-23(19)33-25(16)20(27)12-22(31)24(27)15-3-2-14-5-7-29-13-18(14)8-15/h2-3,5,7-9,13,17,20,24-25H,4,6,10-12H2,1H3,(H2,28,32)/t17?,20-,24-,25+,27-/m0/s1. The van der Waals surface area contributed by atoms with Gasteiger partial charge >= 0.3 is 0 Å². The van der Waals surface area contributed by atoms with Crippen molar-refractivity contribution < 1.29 is 19.1 Å². The number of carbonyl (C=O) groups is 3. The number of fused-ring (bicyclic) bond motifs is 4. The molecule has 0 radical (unpaired) electrons. The van der Waals surface area contributed by atoms with Crippen LogP contribution in [0.2, 0.25) is 0 Å². The molecule has 3 aliphatic carbocycles. The molecule has 6 rings (SSSR count). The number of hydrogen-bond acceptors (Lipinski definition) is 5. The summed E-state index contributed by atoms with van der Waals surface area (Å²) >= 11 is 0. The molecule has 5 atom stereocenters. The van der Waals surface area contributed by atoms with E-state index in [2.05, 4.69) is 30.1 Å². The summed E-state index contributed by atoms with van der Waals surface area (Å²) in [5, 5.41) is 2.14. The minimum absolute atomic E-state index is 0.0256. The van der Waals surface area contributed by atoms with Gasteiger partial charge in [0.2, 0.25) is 5.91 Å². The summed E-state index contributed by atoms with van der Waals surface area (Å²) in [4.78, 5) is 42.1. The zero-order chi connectivity index (χ0) is 22.9. The van der Waals surface area contributed by atoms with E-state index in [-0.39, 0.29) is 41.3 Å². The highest BCUT2D eigenvalue weighted by Crippen LogP contribution is 2.60. The van der Waals surface area contributed by atoms with E-state index in [0.717, 1.165) is 34.8 Å². The maximum Gasteiger partial charge on any atom is 0.221 e. The summed E-state index contributed by atoms with van der Waals surface area (Å²) in [6.45, 7) is 2.21. The fourth-order valence-corrected chi connectivity index (χ4v) is 6.62. The van der Waals surface area contributed by atoms with Crippen LogP contribution in [-0.4, -0.2) is 28.6 Å². The second-order valence-corrected chi connectivity index (χ2v) is 10.2. The van der Waals surface area contributed by atoms with E-state index in [4.69, 9.17) is 10.5 Å². The van der Waals surface area contributed by atoms with Gasteiger partial charge in [0.25, 0.3) is 0 Å². The van der Waals surface area contributed by atoms with Gasteiger partial charge in [-0.2, -0.15) is 0 Å². The van der Waals surface area contributed by atoms with Crippen LogP contribution < -0.4 is 5.73 Å². The van der Waals surface area contributed by atoms with Crippen molar-refractivity contribution in [1.29, 1.82) is 0 Å². The van der Waals surface area contributed by atoms with Crippen molar-refractivity contribution >= 4 is 28.2 Å². The van der Waals surface area contributed by atoms with Gasteiger partial charge < -0.3 is 10.5 Å². The lowest BCUT2D eigenvalue weighted by atomic mass is 9.61. The monoisotopic (exact) mass is 442 g/mol. The van der Waals surface area contributed by atoms with E-state index < -0.39 is 11.8 Å². The number of ether oxygens (including phenoxy) is 1. The molecule has 1 aromatic heterocycles. The van der Waals surface area contributed by atoms with Gasteiger partial charge in [-0.05, 0) is 53.0 Å². The molecule has 0 saturated heterocycles. The Bertz CT molecular complexity index is 1290. The number of benzene rings is 1. The number of Topliss-reactive ketones (excluding diaryl/α,β-unsaturated/α-hetero) is 2. The maximum absolute atomic E-state index is 13.4. The first kappa shape index (κ1) is 20.3. The molecule has 33 heavy (non-hydrogen) atoms. The summed E-state index contributed by atoms with van der Waals surface area (Å²) < 4.78 is 6.45. The van der Waals surface area contributed by atoms with Crippen molar-refractivity contribution in [2.75, 3.05) is 0 Å². The number of rotatable bonds is 2. The average molecular weight is 443 g/mol. The van der Waals surface area contributed by atoms with Crippen molar-refractivity contribution in [2.45, 2.75) is 51.0 Å². The quantitative estimate of drug-likeness (QED) is 0.764. The second-order valence-electron chi connectivity index (χ2n) is 10.2. The van der Waals surface area contributed by atoms with E-state index >= 15 is 0 Å². The summed E-state index contributed by atoms with van der Waals surface area (Å²) in [6.07, 6.45) is 7.96. The van der Waals surface area contributed by atoms with Crippen LogP contribution in [-0.2, 0) is 19.1 Å². The van der Waals surface area contributed by atoms with Gasteiger partial charge in [-0.3, -0.25) is 19.4 Å². The molecule has 168 valence electrons. The first-order chi connectivity index (χ1) is 15.8. The molecule has 6 heteroatoms. The number of ketones is 2. The largest absolute Gasteiger partial charge is 0.489 e. The molecular formula is C27H26N2O4. The van der Waals surface area contributed by atoms with Gasteiger partial charge in [0.05, 0.1) is 11.5 Å². The Hall–Kier alpha value is -3.28. The Morgan fingerprint density at radius 2 is 2.00 bits per heavy atom. The lowest BCUT2D eigenvalue weighted by molar-refractivity contribution is -0.127. The van der Waals surface area contributed by atoms with Crippen molar-refractivity contribution in [3.8, 4) is 0 Å². The van der Waals surface area contributed by atoms with Gasteiger partial charge in [-0.15, -0.1) is 0 Å². The molecule has 0 spiro atoms. The van der Waals surface area contributed by atoms with Crippen LogP contribution >= 0.6 is 0 Å². The molecule has 1 aromatic carbocycles. The topological polar surface area (TPSA) is 99.4 Å². The normalized spacial score (nSPS) is 33.2. The van der Waals surface area contributed by atoms with Crippen LogP contribution in [0.1, 0.15) is 50.5 Å². The van der Waals surface area contributed by atoms with Crippen LogP contribution in [0, 0.1) is 17.3 Å². The highest BCUT2D eigenvalue weighted by molar-refractivity contribution is 6.02. The van der Waals surface area contributed by atoms with E-state index in [1.807, 2.05) is 18.3 Å². The predicted molar refractivity (Wildman–Crippen MR) is 122 cm³/mol. The van der Waals surface area contributed by atoms with Gasteiger partial charge in [-0.1, -0.05) is 19.1 Å². The second kappa shape index (κ2) is 7.11. The third kappa shape index (κ3) is 3.00. The molecule has 1 amide bonds. The number of allylic oxidation sites excluding steroid dienone is 3. The summed E-state index contributed by atoms with van der Waals surface area (Å²) in [6, 6.07) is 8.22. The Morgan fingerprint density at radius 3 is 2.82 bits per heavy atom. The van der Waals surface area contributed by atoms with Gasteiger partial charge in [-0.25, -0.2) is 0 Å². The number of hydrogen-bond donors (Lipinski definition) is 1. The third-order valence-corrected chi connectivity index (χ3v) is 8.40. The maximum atomic E-state index is 13.4. The minimum atomic E-state index is -0.523. The zero-order valence-electron chi connectivity index (χ0n) is 18.5. The van der Waals surface area contributed by atoms with Crippen molar-refractivity contribution in [1.82, 2.24) is 4.98 Å². The highest BCUT2D eigenvalue weighted by atomic mass is 16.5. The van der Waals surface area contributed by atoms with Crippen LogP contribution in [0.4, 0.5) is 0 Å². The first-order valence-electron chi connectivity index (χ1n) is 11.6. The highest BCUT2D eigenvalue weighted by Gasteiger charge is 2.58. The van der Waals surface area contributed by atoms with Crippen molar-refractivity contribution in [2.24, 2.45) is 23.0 Å². The molecule has 2 fully saturated rings. The average Bonchev–Trinajstić information content (AvgIpc) is 3.08. The molecule has 2 aromatic rings. The molecule has 0 bridgehead atoms. The molecular weight excluding hydrogens is 416 g/mol. The summed E-state index contributed by atoms with van der Waals surface area (Å²) in [5.41, 5.74) is 7.98. The lowest BCUT2D eigenvalue weighted by Gasteiger charge is -2.47. The Morgan fingerprint density at radius 1 is 1.15 bits per heavy atom. The van der Waals surface area contributed by atoms with E-state index in [9.17, 15) is 14.4 Å². The van der Waals surface area contributed by atoms with E-state index in [1.54, 1.807) is 6.20 Å². The van der Waals surface area contributed by atoms with E-state index in [0.29, 0.717) is 24.2 Å². The molecule has 2 saturated carbocycles. The lowest BCUT2D eigenvalue weighted by Crippen LogP contribution is -2.44. The van der Waals surface area contributed by atoms with Crippen LogP contribution in [0.25, 0.3) is 10.8 Å². The zero-order valence-corrected chi connectivity index (χ0v) is 18.5. The van der Waals surface area contributed by atoms with Gasteiger partial charge in [0, 0.05) is 48.9 Å². The Kier molecular flexibility index (Phi) is 4.38. The molecule has 4 aliphatic rings. The van der Waals surface area contributed by atoms with Crippen LogP contribution in [0.3, 0.4) is 0 Å². The predicted octanol–water partition coefficient (Wildman–Crippen LogP) is 3.75. The fraction of sp³-hybridized carbons (Fsp3) is 0.407. The Balaban J connectivity index is 1.35. The molecule has 1 aliphatic heterocycles. The van der Waals surface area contributed by atoms with Crippen molar-refractivity contribution in [3.63, 3.8) is 0 Å². The summed E-state index contributed by atoms with van der Waals surface area (Å²) in [7, 11) is 0. The third-order valence-electron chi connectivity index (χ3n) is 8.40. The van der Waals surface area contributed by atoms with Crippen molar-refractivity contribution in [3.05, 3.63) is 65.2 Å². The van der Waals surface area contributed by atoms with Crippen LogP contribution in [0.15, 0.2) is 59.6 Å². The number of nitrogens with zero attached hydrogens (tertiary/aromatic N) is 1. The fourth-order valence-electron chi connectivity index (χ4n) is 6.62. The number of amides is 1. The van der Waals surface area contributed by atoms with Gasteiger partial charge in [0.1, 0.15) is 17.6 Å². The molecule has 6 nitrogen and oxygen atoms in total. The smallest absolute Gasteiger partial charge is 0.221 e. The SMILES string of the molecule is C[C@]12CCC3=CC4=C(CC(C(N)=O)CC4=O)O[C@H]3[C@@H]1CC(=O)[C@@H]2c1ccc2ccncc2c1. The number of nitrogens with two attached hydrogens (primary N) is 1. The minimum Gasteiger partial charge on any atom is -0.489 e. The summed E-state index contributed by atoms with van der Waals surface area (Å²) in [5.74, 6) is -0.430. The number of carbonyl (C=O) groups excluding carboxylic acids is 3. The first-order valence-corrected chi connectivity index (χ1v) is 11.6. The number of primary amides is 1. The number of pyridine rings is 1. The van der Waals surface area contributed by atoms with Gasteiger partial charge in [0.15, 0.2) is 5.78 Å². The molecule has 1 unspecified atom stereocenters.